The Morgan fingerprint density at radius 3 is 2.96 bits per heavy atom. The molecule has 3 rings (SSSR count). The minimum absolute atomic E-state index is 0.149. The number of amides is 1. The van der Waals surface area contributed by atoms with Crippen molar-refractivity contribution in [2.75, 3.05) is 16.4 Å². The van der Waals surface area contributed by atoms with E-state index >= 15 is 0 Å². The van der Waals surface area contributed by atoms with Crippen LogP contribution < -0.4 is 10.6 Å². The van der Waals surface area contributed by atoms with Gasteiger partial charge >= 0.3 is 0 Å². The molecule has 0 bridgehead atoms. The lowest BCUT2D eigenvalue weighted by Gasteiger charge is -2.00. The zero-order chi connectivity index (χ0) is 16.9. The molecule has 6 nitrogen and oxygen atoms in total. The van der Waals surface area contributed by atoms with Crippen LogP contribution >= 0.6 is 34.4 Å². The maximum Gasteiger partial charge on any atom is 0.236 e. The van der Waals surface area contributed by atoms with Crippen molar-refractivity contribution in [1.29, 1.82) is 0 Å². The van der Waals surface area contributed by atoms with E-state index in [9.17, 15) is 9.18 Å². The van der Waals surface area contributed by atoms with E-state index in [1.54, 1.807) is 12.1 Å². The van der Waals surface area contributed by atoms with Gasteiger partial charge in [-0.2, -0.15) is 0 Å². The Labute approximate surface area is 149 Å². The van der Waals surface area contributed by atoms with Gasteiger partial charge in [-0.3, -0.25) is 4.79 Å². The third-order valence-corrected chi connectivity index (χ3v) is 5.52. The highest BCUT2D eigenvalue weighted by atomic mass is 32.2. The molecule has 0 radical (unpaired) electrons. The van der Waals surface area contributed by atoms with E-state index in [0.29, 0.717) is 20.3 Å². The van der Waals surface area contributed by atoms with Crippen LogP contribution in [-0.4, -0.2) is 26.8 Å². The monoisotopic (exact) mass is 381 g/mol. The molecule has 2 aromatic heterocycles. The first-order chi connectivity index (χ1) is 11.6. The van der Waals surface area contributed by atoms with E-state index in [1.807, 2.05) is 12.3 Å². The van der Waals surface area contributed by atoms with E-state index in [-0.39, 0.29) is 17.5 Å². The van der Waals surface area contributed by atoms with Gasteiger partial charge in [0.1, 0.15) is 5.82 Å². The van der Waals surface area contributed by atoms with Crippen molar-refractivity contribution in [3.05, 3.63) is 41.2 Å². The lowest BCUT2D eigenvalue weighted by molar-refractivity contribution is -0.113. The first kappa shape index (κ1) is 16.8. The van der Waals surface area contributed by atoms with Crippen molar-refractivity contribution in [1.82, 2.24) is 15.2 Å². The maximum absolute atomic E-state index is 13.1. The van der Waals surface area contributed by atoms with Crippen LogP contribution in [0.4, 0.5) is 20.3 Å². The van der Waals surface area contributed by atoms with Gasteiger partial charge in [-0.1, -0.05) is 29.2 Å². The highest BCUT2D eigenvalue weighted by Crippen LogP contribution is 2.28. The second kappa shape index (κ2) is 7.69. The number of carbonyl (C=O) groups excluding carboxylic acids is 1. The molecule has 0 saturated heterocycles. The Hall–Kier alpha value is -2.04. The molecule has 2 N–H and O–H groups in total. The molecule has 1 amide bonds. The van der Waals surface area contributed by atoms with Crippen molar-refractivity contribution in [3.8, 4) is 0 Å². The van der Waals surface area contributed by atoms with Crippen molar-refractivity contribution >= 4 is 56.3 Å². The average Bonchev–Trinajstić information content (AvgIpc) is 3.14. The first-order valence-electron chi connectivity index (χ1n) is 6.79. The molecular formula is C14H12FN5OS3. The Kier molecular flexibility index (Phi) is 5.38. The van der Waals surface area contributed by atoms with Gasteiger partial charge < -0.3 is 10.6 Å². The summed E-state index contributed by atoms with van der Waals surface area (Å²) in [5.74, 6) is -0.259. The van der Waals surface area contributed by atoms with Crippen LogP contribution in [-0.2, 0) is 4.79 Å². The molecule has 0 spiro atoms. The largest absolute Gasteiger partial charge is 0.330 e. The van der Waals surface area contributed by atoms with Crippen LogP contribution in [0.2, 0.25) is 0 Å². The highest BCUT2D eigenvalue weighted by molar-refractivity contribution is 8.01. The molecule has 0 aliphatic rings. The van der Waals surface area contributed by atoms with E-state index in [1.165, 1.54) is 46.6 Å². The van der Waals surface area contributed by atoms with Gasteiger partial charge in [0.2, 0.25) is 11.0 Å². The van der Waals surface area contributed by atoms with Gasteiger partial charge in [-0.05, 0) is 25.1 Å². The summed E-state index contributed by atoms with van der Waals surface area (Å²) in [6.07, 6.45) is 0. The van der Waals surface area contributed by atoms with Crippen LogP contribution in [0.1, 0.15) is 5.69 Å². The number of hydrogen-bond donors (Lipinski definition) is 2. The number of nitrogens with zero attached hydrogens (tertiary/aromatic N) is 3. The number of anilines is 3. The molecule has 10 heteroatoms. The summed E-state index contributed by atoms with van der Waals surface area (Å²) in [4.78, 5) is 16.0. The predicted octanol–water partition coefficient (Wildman–Crippen LogP) is 3.92. The smallest absolute Gasteiger partial charge is 0.236 e. The SMILES string of the molecule is Cc1csc(NC(=O)CSc2nnc(Nc3cccc(F)c3)s2)n1. The molecular weight excluding hydrogens is 369 g/mol. The standard InChI is InChI=1S/C14H12FN5OS3/c1-8-6-22-12(16-8)18-11(21)7-23-14-20-19-13(24-14)17-10-4-2-3-9(15)5-10/h2-6H,7H2,1H3,(H,17,19)(H,16,18,21). The number of halogens is 1. The zero-order valence-corrected chi connectivity index (χ0v) is 14.9. The zero-order valence-electron chi connectivity index (χ0n) is 12.4. The quantitative estimate of drug-likeness (QED) is 0.630. The number of thiazole rings is 1. The molecule has 0 aliphatic heterocycles. The van der Waals surface area contributed by atoms with Crippen molar-refractivity contribution in [2.45, 2.75) is 11.3 Å². The van der Waals surface area contributed by atoms with E-state index < -0.39 is 0 Å². The summed E-state index contributed by atoms with van der Waals surface area (Å²) in [5.41, 5.74) is 1.47. The van der Waals surface area contributed by atoms with Crippen LogP contribution in [0, 0.1) is 12.7 Å². The van der Waals surface area contributed by atoms with E-state index in [2.05, 4.69) is 25.8 Å². The first-order valence-corrected chi connectivity index (χ1v) is 9.47. The Morgan fingerprint density at radius 1 is 1.33 bits per heavy atom. The Balaban J connectivity index is 1.51. The lowest BCUT2D eigenvalue weighted by atomic mass is 10.3. The Morgan fingerprint density at radius 2 is 2.21 bits per heavy atom. The summed E-state index contributed by atoms with van der Waals surface area (Å²) in [7, 11) is 0. The summed E-state index contributed by atoms with van der Waals surface area (Å²) in [6.45, 7) is 1.87. The third kappa shape index (κ3) is 4.73. The van der Waals surface area contributed by atoms with E-state index in [4.69, 9.17) is 0 Å². The van der Waals surface area contributed by atoms with Crippen molar-refractivity contribution < 1.29 is 9.18 Å². The third-order valence-electron chi connectivity index (χ3n) is 2.67. The molecule has 1 aromatic carbocycles. The maximum atomic E-state index is 13.1. The molecule has 0 saturated carbocycles. The van der Waals surface area contributed by atoms with Crippen molar-refractivity contribution in [2.24, 2.45) is 0 Å². The molecule has 0 fully saturated rings. The van der Waals surface area contributed by atoms with Crippen molar-refractivity contribution in [3.63, 3.8) is 0 Å². The van der Waals surface area contributed by atoms with Gasteiger partial charge in [-0.15, -0.1) is 21.5 Å². The number of thioether (sulfide) groups is 1. The number of aromatic nitrogens is 3. The number of benzene rings is 1. The fourth-order valence-corrected chi connectivity index (χ4v) is 3.98. The summed E-state index contributed by atoms with van der Waals surface area (Å²) < 4.78 is 13.8. The molecule has 24 heavy (non-hydrogen) atoms. The minimum Gasteiger partial charge on any atom is -0.330 e. The normalized spacial score (nSPS) is 10.6. The van der Waals surface area contributed by atoms with Crippen LogP contribution in [0.25, 0.3) is 0 Å². The summed E-state index contributed by atoms with van der Waals surface area (Å²) >= 11 is 3.97. The van der Waals surface area contributed by atoms with Gasteiger partial charge in [0.15, 0.2) is 9.47 Å². The Bertz CT molecular complexity index is 850. The summed E-state index contributed by atoms with van der Waals surface area (Å²) in [5, 5.41) is 16.7. The fourth-order valence-electron chi connectivity index (χ4n) is 1.70. The van der Waals surface area contributed by atoms with Crippen LogP contribution in [0.5, 0.6) is 0 Å². The highest BCUT2D eigenvalue weighted by Gasteiger charge is 2.10. The molecule has 0 aliphatic carbocycles. The van der Waals surface area contributed by atoms with Gasteiger partial charge in [0, 0.05) is 11.1 Å². The molecule has 0 unspecified atom stereocenters. The number of carbonyl (C=O) groups is 1. The molecule has 3 aromatic rings. The number of hydrogen-bond acceptors (Lipinski definition) is 8. The molecule has 124 valence electrons. The van der Waals surface area contributed by atoms with Crippen LogP contribution in [0.15, 0.2) is 34.0 Å². The second-order valence-corrected chi connectivity index (χ2v) is 7.70. The van der Waals surface area contributed by atoms with Gasteiger partial charge in [0.25, 0.3) is 0 Å². The summed E-state index contributed by atoms with van der Waals surface area (Å²) in [6, 6.07) is 6.09. The average molecular weight is 381 g/mol. The number of rotatable bonds is 6. The lowest BCUT2D eigenvalue weighted by Crippen LogP contribution is -2.13. The topological polar surface area (TPSA) is 79.8 Å². The fraction of sp³-hybridized carbons (Fsp3) is 0.143. The van der Waals surface area contributed by atoms with Gasteiger partial charge in [0.05, 0.1) is 11.4 Å². The second-order valence-electron chi connectivity index (χ2n) is 4.64. The van der Waals surface area contributed by atoms with Gasteiger partial charge in [-0.25, -0.2) is 9.37 Å². The number of aryl methyl sites for hydroxylation is 1. The molecule has 0 atom stereocenters. The minimum atomic E-state index is -0.326. The van der Waals surface area contributed by atoms with Crippen LogP contribution in [0.3, 0.4) is 0 Å². The predicted molar refractivity (Wildman–Crippen MR) is 95.8 cm³/mol. The number of nitrogens with one attached hydrogen (secondary N) is 2. The van der Waals surface area contributed by atoms with E-state index in [0.717, 1.165) is 5.69 Å². The molecule has 2 heterocycles.